The highest BCUT2D eigenvalue weighted by atomic mass is 35.5. The molecule has 1 amide bonds. The van der Waals surface area contributed by atoms with Crippen molar-refractivity contribution < 1.29 is 19.1 Å². The maximum absolute atomic E-state index is 12.0. The van der Waals surface area contributed by atoms with Crippen LogP contribution in [0.4, 0.5) is 0 Å². The first-order valence-corrected chi connectivity index (χ1v) is 8.36. The van der Waals surface area contributed by atoms with Crippen molar-refractivity contribution in [2.75, 3.05) is 19.8 Å². The van der Waals surface area contributed by atoms with Gasteiger partial charge in [0.15, 0.2) is 18.1 Å². The molecule has 0 unspecified atom stereocenters. The summed E-state index contributed by atoms with van der Waals surface area (Å²) in [5.41, 5.74) is 1.21. The van der Waals surface area contributed by atoms with Crippen LogP contribution in [0.1, 0.15) is 0 Å². The van der Waals surface area contributed by atoms with Gasteiger partial charge in [-0.3, -0.25) is 4.79 Å². The number of fused-ring (bicyclic) bond motifs is 2. The summed E-state index contributed by atoms with van der Waals surface area (Å²) in [5, 5.41) is 11.1. The highest BCUT2D eigenvalue weighted by Crippen LogP contribution is 2.30. The maximum atomic E-state index is 12.0. The maximum Gasteiger partial charge on any atom is 0.260 e. The molecule has 0 bridgehead atoms. The number of hydrogen-bond acceptors (Lipinski definition) is 6. The van der Waals surface area contributed by atoms with E-state index in [-0.39, 0.29) is 18.6 Å². The number of nitrogens with zero attached hydrogens (tertiary/aromatic N) is 3. The minimum atomic E-state index is -0.307. The summed E-state index contributed by atoms with van der Waals surface area (Å²) in [6.45, 7) is 0.458. The zero-order valence-electron chi connectivity index (χ0n) is 13.6. The highest BCUT2D eigenvalue weighted by molar-refractivity contribution is 6.31. The van der Waals surface area contributed by atoms with Crippen molar-refractivity contribution in [2.24, 2.45) is 0 Å². The van der Waals surface area contributed by atoms with Crippen molar-refractivity contribution >= 4 is 28.5 Å². The molecule has 0 aliphatic carbocycles. The topological polar surface area (TPSA) is 87.5 Å². The Bertz CT molecular complexity index is 945. The van der Waals surface area contributed by atoms with Crippen LogP contribution in [0.25, 0.3) is 11.0 Å². The average Bonchev–Trinajstić information content (AvgIpc) is 3.06. The van der Waals surface area contributed by atoms with Crippen molar-refractivity contribution in [3.8, 4) is 11.5 Å². The molecule has 0 saturated carbocycles. The molecular formula is C17H15ClN4O4. The number of para-hydroxylation sites is 2. The molecule has 134 valence electrons. The average molecular weight is 375 g/mol. The standard InChI is InChI=1S/C17H15ClN4O4/c18-11-5-6-13-14(7-11)22(21-20-13)25-10-17(23)19-8-12-9-24-15-3-1-2-4-16(15)26-12/h1-7,12H,8-10H2,(H,19,23)/t12-/m1/s1. The molecule has 3 aromatic rings. The number of halogens is 1. The minimum Gasteiger partial charge on any atom is -0.486 e. The Morgan fingerprint density at radius 2 is 2.15 bits per heavy atom. The normalized spacial score (nSPS) is 15.7. The van der Waals surface area contributed by atoms with Gasteiger partial charge in [0.25, 0.3) is 5.91 Å². The summed E-state index contributed by atoms with van der Waals surface area (Å²) < 4.78 is 11.4. The predicted octanol–water partition coefficient (Wildman–Crippen LogP) is 1.47. The van der Waals surface area contributed by atoms with Crippen molar-refractivity contribution in [1.29, 1.82) is 0 Å². The molecule has 26 heavy (non-hydrogen) atoms. The summed E-state index contributed by atoms with van der Waals surface area (Å²) in [6.07, 6.45) is -0.264. The Hall–Kier alpha value is -3.00. The van der Waals surface area contributed by atoms with Crippen LogP contribution in [0.5, 0.6) is 11.5 Å². The number of carbonyl (C=O) groups is 1. The van der Waals surface area contributed by atoms with E-state index in [9.17, 15) is 4.79 Å². The molecule has 2 aromatic carbocycles. The lowest BCUT2D eigenvalue weighted by molar-refractivity contribution is -0.126. The lowest BCUT2D eigenvalue weighted by atomic mass is 10.2. The van der Waals surface area contributed by atoms with E-state index in [4.69, 9.17) is 25.9 Å². The molecule has 1 aliphatic heterocycles. The first-order valence-electron chi connectivity index (χ1n) is 7.98. The van der Waals surface area contributed by atoms with Gasteiger partial charge in [-0.25, -0.2) is 0 Å². The third-order valence-electron chi connectivity index (χ3n) is 3.79. The van der Waals surface area contributed by atoms with Crippen LogP contribution in [-0.4, -0.2) is 46.9 Å². The van der Waals surface area contributed by atoms with Crippen LogP contribution >= 0.6 is 11.6 Å². The Balaban J connectivity index is 1.29. The van der Waals surface area contributed by atoms with Crippen molar-refractivity contribution in [1.82, 2.24) is 20.5 Å². The fourth-order valence-corrected chi connectivity index (χ4v) is 2.70. The summed E-state index contributed by atoms with van der Waals surface area (Å²) in [4.78, 5) is 18.6. The van der Waals surface area contributed by atoms with Gasteiger partial charge >= 0.3 is 0 Å². The van der Waals surface area contributed by atoms with Crippen LogP contribution in [0.2, 0.25) is 5.02 Å². The second kappa shape index (κ2) is 7.09. The van der Waals surface area contributed by atoms with E-state index < -0.39 is 0 Å². The molecule has 9 heteroatoms. The Morgan fingerprint density at radius 1 is 1.31 bits per heavy atom. The van der Waals surface area contributed by atoms with Gasteiger partial charge in [-0.15, -0.1) is 5.10 Å². The Kier molecular flexibility index (Phi) is 4.49. The van der Waals surface area contributed by atoms with Crippen LogP contribution in [-0.2, 0) is 4.79 Å². The number of hydrogen-bond donors (Lipinski definition) is 1. The first-order chi connectivity index (χ1) is 12.7. The summed E-state index contributed by atoms with van der Waals surface area (Å²) in [7, 11) is 0. The monoisotopic (exact) mass is 374 g/mol. The number of aromatic nitrogens is 3. The molecule has 8 nitrogen and oxygen atoms in total. The van der Waals surface area contributed by atoms with Gasteiger partial charge in [-0.1, -0.05) is 28.6 Å². The lowest BCUT2D eigenvalue weighted by Gasteiger charge is -2.26. The fraction of sp³-hybridized carbons (Fsp3) is 0.235. The van der Waals surface area contributed by atoms with Gasteiger partial charge in [0, 0.05) is 5.02 Å². The molecule has 1 N–H and O–H groups in total. The van der Waals surface area contributed by atoms with E-state index in [0.717, 1.165) is 0 Å². The number of carbonyl (C=O) groups excluding carboxylic acids is 1. The van der Waals surface area contributed by atoms with Crippen molar-refractivity contribution in [3.63, 3.8) is 0 Å². The predicted molar refractivity (Wildman–Crippen MR) is 93.3 cm³/mol. The Morgan fingerprint density at radius 3 is 3.04 bits per heavy atom. The first kappa shape index (κ1) is 16.5. The van der Waals surface area contributed by atoms with Crippen LogP contribution in [0.15, 0.2) is 42.5 Å². The lowest BCUT2D eigenvalue weighted by Crippen LogP contribution is -2.42. The molecule has 0 radical (unpaired) electrons. The molecule has 4 rings (SSSR count). The van der Waals surface area contributed by atoms with Gasteiger partial charge in [0.05, 0.1) is 6.54 Å². The van der Waals surface area contributed by atoms with Crippen molar-refractivity contribution in [2.45, 2.75) is 6.10 Å². The molecule has 1 aromatic heterocycles. The molecule has 2 heterocycles. The van der Waals surface area contributed by atoms with Gasteiger partial charge in [0.2, 0.25) is 0 Å². The summed E-state index contributed by atoms with van der Waals surface area (Å²) in [5.74, 6) is 1.06. The molecular weight excluding hydrogens is 360 g/mol. The molecule has 0 fully saturated rings. The molecule has 0 spiro atoms. The van der Waals surface area contributed by atoms with Gasteiger partial charge in [0.1, 0.15) is 23.7 Å². The minimum absolute atomic E-state index is 0.213. The van der Waals surface area contributed by atoms with E-state index in [1.807, 2.05) is 24.3 Å². The third kappa shape index (κ3) is 3.50. The zero-order chi connectivity index (χ0) is 17.9. The van der Waals surface area contributed by atoms with E-state index in [1.54, 1.807) is 18.2 Å². The summed E-state index contributed by atoms with van der Waals surface area (Å²) in [6, 6.07) is 12.5. The van der Waals surface area contributed by atoms with Crippen LogP contribution in [0.3, 0.4) is 0 Å². The number of nitrogens with one attached hydrogen (secondary N) is 1. The largest absolute Gasteiger partial charge is 0.486 e. The van der Waals surface area contributed by atoms with Crippen molar-refractivity contribution in [3.05, 3.63) is 47.5 Å². The van der Waals surface area contributed by atoms with Gasteiger partial charge in [-0.2, -0.15) is 0 Å². The number of rotatable bonds is 5. The highest BCUT2D eigenvalue weighted by Gasteiger charge is 2.21. The Labute approximate surface area is 153 Å². The molecule has 0 saturated heterocycles. The van der Waals surface area contributed by atoms with E-state index in [1.165, 1.54) is 4.85 Å². The van der Waals surface area contributed by atoms with Crippen LogP contribution < -0.4 is 19.6 Å². The van der Waals surface area contributed by atoms with E-state index in [2.05, 4.69) is 15.6 Å². The number of ether oxygens (including phenoxy) is 2. The van der Waals surface area contributed by atoms with Gasteiger partial charge < -0.3 is 19.6 Å². The number of benzene rings is 2. The quantitative estimate of drug-likeness (QED) is 0.727. The molecule has 1 aliphatic rings. The SMILES string of the molecule is O=C(COn1nnc2ccc(Cl)cc21)NC[C@@H]1COc2ccccc2O1. The molecule has 1 atom stereocenters. The fourth-order valence-electron chi connectivity index (χ4n) is 2.53. The number of amides is 1. The smallest absolute Gasteiger partial charge is 0.260 e. The van der Waals surface area contributed by atoms with Crippen LogP contribution in [0, 0.1) is 0 Å². The third-order valence-corrected chi connectivity index (χ3v) is 4.02. The van der Waals surface area contributed by atoms with E-state index >= 15 is 0 Å². The summed E-state index contributed by atoms with van der Waals surface area (Å²) >= 11 is 5.95. The second-order valence-electron chi connectivity index (χ2n) is 5.67. The van der Waals surface area contributed by atoms with E-state index in [0.29, 0.717) is 40.7 Å². The second-order valence-corrected chi connectivity index (χ2v) is 6.11. The zero-order valence-corrected chi connectivity index (χ0v) is 14.3. The van der Waals surface area contributed by atoms with Gasteiger partial charge in [-0.05, 0) is 35.5 Å².